The number of carbonyl (C=O) groups is 1. The molecule has 0 unspecified atom stereocenters. The van der Waals surface area contributed by atoms with Crippen molar-refractivity contribution in [1.29, 1.82) is 5.26 Å². The highest BCUT2D eigenvalue weighted by Gasteiger charge is 2.15. The molecule has 20 heavy (non-hydrogen) atoms. The van der Waals surface area contributed by atoms with Crippen molar-refractivity contribution in [2.24, 2.45) is 0 Å². The number of nitrogens with zero attached hydrogens (tertiary/aromatic N) is 2. The molecular weight excluding hydrogens is 280 g/mol. The molecule has 108 valence electrons. The highest BCUT2D eigenvalue weighted by atomic mass is 32.2. The summed E-state index contributed by atoms with van der Waals surface area (Å²) in [5, 5.41) is 17.2. The van der Waals surface area contributed by atoms with Crippen LogP contribution in [0.15, 0.2) is 29.2 Å². The van der Waals surface area contributed by atoms with Gasteiger partial charge in [0.15, 0.2) is 9.84 Å². The number of likely N-dealkylation sites (N-methyl/N-ethyl adjacent to an activating group) is 1. The number of carboxylic acids is 1. The maximum atomic E-state index is 11.9. The Hall–Kier alpha value is -2.07. The monoisotopic (exact) mass is 296 g/mol. The van der Waals surface area contributed by atoms with E-state index >= 15 is 0 Å². The normalized spacial score (nSPS) is 10.8. The summed E-state index contributed by atoms with van der Waals surface area (Å²) < 4.78 is 23.7. The molecule has 0 aliphatic rings. The van der Waals surface area contributed by atoms with Crippen molar-refractivity contribution in [3.63, 3.8) is 0 Å². The van der Waals surface area contributed by atoms with Crippen molar-refractivity contribution in [1.82, 2.24) is 0 Å². The Morgan fingerprint density at radius 3 is 2.40 bits per heavy atom. The molecule has 6 nitrogen and oxygen atoms in total. The van der Waals surface area contributed by atoms with E-state index in [1.54, 1.807) is 23.1 Å². The number of benzene rings is 1. The van der Waals surface area contributed by atoms with Gasteiger partial charge in [0.05, 0.1) is 16.7 Å². The molecule has 0 atom stereocenters. The van der Waals surface area contributed by atoms with Crippen molar-refractivity contribution in [3.8, 4) is 6.07 Å². The van der Waals surface area contributed by atoms with E-state index in [1.807, 2.05) is 6.92 Å². The number of hydrogen-bond acceptors (Lipinski definition) is 5. The molecule has 0 radical (unpaired) electrons. The van der Waals surface area contributed by atoms with Gasteiger partial charge in [-0.1, -0.05) is 0 Å². The molecule has 0 amide bonds. The topological polar surface area (TPSA) is 98.5 Å². The molecule has 0 bridgehead atoms. The number of anilines is 1. The quantitative estimate of drug-likeness (QED) is 0.814. The second-order valence-corrected chi connectivity index (χ2v) is 6.24. The van der Waals surface area contributed by atoms with Crippen LogP contribution in [-0.2, 0) is 14.6 Å². The Balaban J connectivity index is 2.93. The minimum absolute atomic E-state index is 0.0514. The van der Waals surface area contributed by atoms with E-state index < -0.39 is 15.8 Å². The molecule has 0 aliphatic carbocycles. The van der Waals surface area contributed by atoms with E-state index in [4.69, 9.17) is 10.4 Å². The van der Waals surface area contributed by atoms with Gasteiger partial charge >= 0.3 is 5.97 Å². The molecule has 1 rings (SSSR count). The van der Waals surface area contributed by atoms with Gasteiger partial charge in [0.1, 0.15) is 6.54 Å². The van der Waals surface area contributed by atoms with Crippen LogP contribution in [0, 0.1) is 11.3 Å². The fraction of sp³-hybridized carbons (Fsp3) is 0.385. The summed E-state index contributed by atoms with van der Waals surface area (Å²) in [6.45, 7) is 2.18. The van der Waals surface area contributed by atoms with Crippen molar-refractivity contribution in [3.05, 3.63) is 24.3 Å². The Bertz CT molecular complexity index is 602. The molecule has 0 spiro atoms. The SMILES string of the molecule is CCN(CC(=O)O)c1ccc(S(=O)(=O)CCC#N)cc1. The summed E-state index contributed by atoms with van der Waals surface area (Å²) >= 11 is 0. The first kappa shape index (κ1) is 16.0. The van der Waals surface area contributed by atoms with Crippen molar-refractivity contribution < 1.29 is 18.3 Å². The number of carboxylic acid groups (broad SMARTS) is 1. The number of sulfone groups is 1. The van der Waals surface area contributed by atoms with E-state index in [0.717, 1.165) is 0 Å². The zero-order valence-corrected chi connectivity index (χ0v) is 11.9. The van der Waals surface area contributed by atoms with Crippen LogP contribution in [0.3, 0.4) is 0 Å². The number of rotatable bonds is 7. The predicted octanol–water partition coefficient (Wildman–Crippen LogP) is 1.28. The summed E-state index contributed by atoms with van der Waals surface area (Å²) in [5.41, 5.74) is 0.647. The third-order valence-corrected chi connectivity index (χ3v) is 4.48. The third-order valence-electron chi connectivity index (χ3n) is 2.75. The summed E-state index contributed by atoms with van der Waals surface area (Å²) in [5.74, 6) is -1.16. The zero-order chi connectivity index (χ0) is 15.2. The van der Waals surface area contributed by atoms with Crippen LogP contribution in [-0.4, -0.2) is 38.3 Å². The lowest BCUT2D eigenvalue weighted by atomic mass is 10.3. The zero-order valence-electron chi connectivity index (χ0n) is 11.1. The highest BCUT2D eigenvalue weighted by molar-refractivity contribution is 7.91. The molecule has 7 heteroatoms. The molecule has 0 aromatic heterocycles. The minimum Gasteiger partial charge on any atom is -0.480 e. The van der Waals surface area contributed by atoms with Crippen LogP contribution >= 0.6 is 0 Å². The van der Waals surface area contributed by atoms with E-state index in [2.05, 4.69) is 0 Å². The third kappa shape index (κ3) is 4.24. The maximum absolute atomic E-state index is 11.9. The summed E-state index contributed by atoms with van der Waals surface area (Å²) in [7, 11) is -3.45. The number of hydrogen-bond donors (Lipinski definition) is 1. The maximum Gasteiger partial charge on any atom is 0.323 e. The van der Waals surface area contributed by atoms with E-state index in [0.29, 0.717) is 12.2 Å². The first-order valence-corrected chi connectivity index (χ1v) is 7.72. The summed E-state index contributed by atoms with van der Waals surface area (Å²) in [6.07, 6.45) is -0.0514. The largest absolute Gasteiger partial charge is 0.480 e. The lowest BCUT2D eigenvalue weighted by Gasteiger charge is -2.20. The van der Waals surface area contributed by atoms with E-state index in [-0.39, 0.29) is 23.6 Å². The second kappa shape index (κ2) is 6.91. The van der Waals surface area contributed by atoms with Crippen LogP contribution in [0.2, 0.25) is 0 Å². The molecular formula is C13H16N2O4S. The van der Waals surface area contributed by atoms with Gasteiger partial charge in [-0.2, -0.15) is 5.26 Å². The van der Waals surface area contributed by atoms with Gasteiger partial charge in [0.25, 0.3) is 0 Å². The predicted molar refractivity (Wildman–Crippen MR) is 74.2 cm³/mol. The van der Waals surface area contributed by atoms with Crippen LogP contribution in [0.5, 0.6) is 0 Å². The number of nitriles is 1. The molecule has 1 N–H and O–H groups in total. The fourth-order valence-corrected chi connectivity index (χ4v) is 2.86. The van der Waals surface area contributed by atoms with Gasteiger partial charge in [-0.3, -0.25) is 4.79 Å². The van der Waals surface area contributed by atoms with E-state index in [9.17, 15) is 13.2 Å². The lowest BCUT2D eigenvalue weighted by Crippen LogP contribution is -2.29. The van der Waals surface area contributed by atoms with Crippen LogP contribution in [0.4, 0.5) is 5.69 Å². The minimum atomic E-state index is -3.45. The van der Waals surface area contributed by atoms with Gasteiger partial charge in [-0.05, 0) is 31.2 Å². The lowest BCUT2D eigenvalue weighted by molar-refractivity contribution is -0.135. The number of aliphatic carboxylic acids is 1. The van der Waals surface area contributed by atoms with Crippen molar-refractivity contribution in [2.45, 2.75) is 18.2 Å². The van der Waals surface area contributed by atoms with Crippen molar-refractivity contribution in [2.75, 3.05) is 23.7 Å². The molecule has 0 aliphatic heterocycles. The van der Waals surface area contributed by atoms with Crippen LogP contribution in [0.1, 0.15) is 13.3 Å². The molecule has 0 saturated heterocycles. The first-order valence-electron chi connectivity index (χ1n) is 6.07. The average molecular weight is 296 g/mol. The van der Waals surface area contributed by atoms with Crippen LogP contribution in [0.25, 0.3) is 0 Å². The Kier molecular flexibility index (Phi) is 5.53. The van der Waals surface area contributed by atoms with Gasteiger partial charge in [0.2, 0.25) is 0 Å². The first-order chi connectivity index (χ1) is 9.40. The van der Waals surface area contributed by atoms with Crippen molar-refractivity contribution >= 4 is 21.5 Å². The molecule has 1 aromatic rings. The molecule has 0 fully saturated rings. The molecule has 1 aromatic carbocycles. The smallest absolute Gasteiger partial charge is 0.323 e. The van der Waals surface area contributed by atoms with E-state index in [1.165, 1.54) is 12.1 Å². The average Bonchev–Trinajstić information content (AvgIpc) is 2.42. The molecule has 0 saturated carbocycles. The Morgan fingerprint density at radius 2 is 1.95 bits per heavy atom. The molecule has 0 heterocycles. The summed E-state index contributed by atoms with van der Waals surface area (Å²) in [4.78, 5) is 12.5. The van der Waals surface area contributed by atoms with Gasteiger partial charge in [0, 0.05) is 18.7 Å². The van der Waals surface area contributed by atoms with Gasteiger partial charge in [-0.25, -0.2) is 8.42 Å². The standard InChI is InChI=1S/C13H16N2O4S/c1-2-15(10-13(16)17)11-4-6-12(7-5-11)20(18,19)9-3-8-14/h4-7H,2-3,9-10H2,1H3,(H,16,17). The van der Waals surface area contributed by atoms with Gasteiger partial charge < -0.3 is 10.0 Å². The van der Waals surface area contributed by atoms with Gasteiger partial charge in [-0.15, -0.1) is 0 Å². The second-order valence-electron chi connectivity index (χ2n) is 4.13. The fourth-order valence-electron chi connectivity index (χ4n) is 1.71. The highest BCUT2D eigenvalue weighted by Crippen LogP contribution is 2.19. The Labute approximate surface area is 118 Å². The van der Waals surface area contributed by atoms with Crippen LogP contribution < -0.4 is 4.90 Å². The Morgan fingerprint density at radius 1 is 1.35 bits per heavy atom. The summed E-state index contributed by atoms with van der Waals surface area (Å²) in [6, 6.07) is 7.83.